The summed E-state index contributed by atoms with van der Waals surface area (Å²) in [6.45, 7) is 10.9. The average Bonchev–Trinajstić information content (AvgIpc) is 3.22. The minimum Gasteiger partial charge on any atom is -0.463 e. The van der Waals surface area contributed by atoms with Gasteiger partial charge in [0, 0.05) is 11.0 Å². The highest BCUT2D eigenvalue weighted by molar-refractivity contribution is 7.11. The van der Waals surface area contributed by atoms with Crippen LogP contribution in [-0.4, -0.2) is 12.6 Å². The Morgan fingerprint density at radius 2 is 2.03 bits per heavy atom. The number of fused-ring (bicyclic) bond motifs is 1. The van der Waals surface area contributed by atoms with Crippen molar-refractivity contribution in [2.24, 2.45) is 0 Å². The van der Waals surface area contributed by atoms with Crippen molar-refractivity contribution in [1.82, 2.24) is 0 Å². The van der Waals surface area contributed by atoms with E-state index in [4.69, 9.17) is 4.74 Å². The molecule has 3 rings (SSSR count). The number of carbonyl (C=O) groups excluding carboxylic acids is 1. The number of thiophene rings is 1. The third-order valence-corrected chi connectivity index (χ3v) is 6.34. The fraction of sp³-hybridized carbons (Fsp3) is 0.296. The van der Waals surface area contributed by atoms with Crippen molar-refractivity contribution in [1.29, 1.82) is 0 Å². The lowest BCUT2D eigenvalue weighted by Gasteiger charge is -2.32. The second kappa shape index (κ2) is 9.44. The first kappa shape index (κ1) is 22.0. The van der Waals surface area contributed by atoms with E-state index in [2.05, 4.69) is 68.6 Å². The first-order chi connectivity index (χ1) is 14.3. The summed E-state index contributed by atoms with van der Waals surface area (Å²) in [4.78, 5) is 12.9. The maximum Gasteiger partial charge on any atom is 0.330 e. The smallest absolute Gasteiger partial charge is 0.330 e. The summed E-state index contributed by atoms with van der Waals surface area (Å²) in [5.41, 5.74) is 7.50. The van der Waals surface area contributed by atoms with Gasteiger partial charge in [0.15, 0.2) is 0 Å². The van der Waals surface area contributed by atoms with E-state index in [1.807, 2.05) is 26.0 Å². The molecule has 156 valence electrons. The molecule has 0 saturated carbocycles. The first-order valence-corrected chi connectivity index (χ1v) is 11.3. The fourth-order valence-electron chi connectivity index (χ4n) is 3.70. The van der Waals surface area contributed by atoms with Gasteiger partial charge in [0.2, 0.25) is 0 Å². The van der Waals surface area contributed by atoms with Crippen LogP contribution < -0.4 is 0 Å². The van der Waals surface area contributed by atoms with Gasteiger partial charge in [-0.25, -0.2) is 4.79 Å². The summed E-state index contributed by atoms with van der Waals surface area (Å²) in [6, 6.07) is 11.2. The third-order valence-electron chi connectivity index (χ3n) is 5.43. The monoisotopic (exact) mass is 418 g/mol. The summed E-state index contributed by atoms with van der Waals surface area (Å²) in [5, 5.41) is 2.14. The molecule has 0 amide bonds. The minimum atomic E-state index is -0.300. The molecule has 1 aromatic carbocycles. The Labute approximate surface area is 184 Å². The van der Waals surface area contributed by atoms with Crippen molar-refractivity contribution >= 4 is 28.5 Å². The molecule has 3 heteroatoms. The quantitative estimate of drug-likeness (QED) is 0.279. The van der Waals surface area contributed by atoms with Crippen LogP contribution in [0, 0.1) is 0 Å². The number of rotatable bonds is 6. The van der Waals surface area contributed by atoms with E-state index in [0.29, 0.717) is 6.61 Å². The van der Waals surface area contributed by atoms with E-state index in [1.54, 1.807) is 11.3 Å². The lowest BCUT2D eigenvalue weighted by molar-refractivity contribution is -0.137. The molecule has 0 fully saturated rings. The van der Waals surface area contributed by atoms with Gasteiger partial charge >= 0.3 is 5.97 Å². The minimum absolute atomic E-state index is 0.140. The van der Waals surface area contributed by atoms with Crippen LogP contribution in [0.3, 0.4) is 0 Å². The van der Waals surface area contributed by atoms with Crippen molar-refractivity contribution in [3.63, 3.8) is 0 Å². The Balaban J connectivity index is 1.89. The van der Waals surface area contributed by atoms with E-state index >= 15 is 0 Å². The molecule has 30 heavy (non-hydrogen) atoms. The summed E-state index contributed by atoms with van der Waals surface area (Å²) in [6.07, 6.45) is 11.0. The molecule has 2 nitrogen and oxygen atoms in total. The van der Waals surface area contributed by atoms with Gasteiger partial charge in [0.05, 0.1) is 6.61 Å². The topological polar surface area (TPSA) is 26.3 Å². The van der Waals surface area contributed by atoms with Gasteiger partial charge < -0.3 is 4.74 Å². The summed E-state index contributed by atoms with van der Waals surface area (Å²) < 4.78 is 4.95. The zero-order chi connectivity index (χ0) is 21.7. The zero-order valence-electron chi connectivity index (χ0n) is 18.5. The molecule has 0 spiro atoms. The Bertz CT molecular complexity index is 1030. The SMILES string of the molecule is CCOC(=O)/C=C(C)/C=C/C=C(\C)c1ccc2c(c1)C(c1cccs1)=CCC2(C)C. The summed E-state index contributed by atoms with van der Waals surface area (Å²) in [7, 11) is 0. The van der Waals surface area contributed by atoms with Crippen molar-refractivity contribution in [2.75, 3.05) is 6.61 Å². The number of allylic oxidation sites excluding steroid dienone is 6. The van der Waals surface area contributed by atoms with Gasteiger partial charge in [0.25, 0.3) is 0 Å². The van der Waals surface area contributed by atoms with Crippen molar-refractivity contribution in [3.8, 4) is 0 Å². The van der Waals surface area contributed by atoms with Crippen molar-refractivity contribution < 1.29 is 9.53 Å². The molecule has 0 atom stereocenters. The number of benzene rings is 1. The second-order valence-electron chi connectivity index (χ2n) is 8.29. The third kappa shape index (κ3) is 5.09. The average molecular weight is 419 g/mol. The van der Waals surface area contributed by atoms with Gasteiger partial charge in [-0.2, -0.15) is 0 Å². The zero-order valence-corrected chi connectivity index (χ0v) is 19.3. The number of hydrogen-bond acceptors (Lipinski definition) is 3. The molecule has 0 saturated heterocycles. The molecule has 0 radical (unpaired) electrons. The molecule has 1 aromatic heterocycles. The fourth-order valence-corrected chi connectivity index (χ4v) is 4.48. The summed E-state index contributed by atoms with van der Waals surface area (Å²) in [5.74, 6) is -0.300. The highest BCUT2D eigenvalue weighted by Crippen LogP contribution is 2.43. The predicted molar refractivity (Wildman–Crippen MR) is 129 cm³/mol. The Morgan fingerprint density at radius 3 is 2.73 bits per heavy atom. The van der Waals surface area contributed by atoms with E-state index < -0.39 is 0 Å². The highest BCUT2D eigenvalue weighted by atomic mass is 32.1. The maximum atomic E-state index is 11.5. The normalized spacial score (nSPS) is 16.4. The molecule has 1 aliphatic rings. The number of carbonyl (C=O) groups is 1. The molecule has 0 N–H and O–H groups in total. The van der Waals surface area contributed by atoms with Crippen LogP contribution in [0.4, 0.5) is 0 Å². The van der Waals surface area contributed by atoms with Gasteiger partial charge in [-0.3, -0.25) is 0 Å². The largest absolute Gasteiger partial charge is 0.463 e. The van der Waals surface area contributed by atoms with Crippen LogP contribution in [-0.2, 0) is 14.9 Å². The predicted octanol–water partition coefficient (Wildman–Crippen LogP) is 7.33. The first-order valence-electron chi connectivity index (χ1n) is 10.4. The molecular formula is C27H30O2S. The Kier molecular flexibility index (Phi) is 6.94. The van der Waals surface area contributed by atoms with Crippen LogP contribution >= 0.6 is 11.3 Å². The Hall–Kier alpha value is -2.65. The molecule has 1 aliphatic carbocycles. The van der Waals surface area contributed by atoms with Crippen LogP contribution in [0.2, 0.25) is 0 Å². The van der Waals surface area contributed by atoms with Crippen LogP contribution in [0.15, 0.2) is 71.7 Å². The molecule has 0 bridgehead atoms. The van der Waals surface area contributed by atoms with E-state index in [1.165, 1.54) is 38.8 Å². The standard InChI is InChI=1S/C27H30O2S/c1-6-29-26(28)17-19(2)9-7-10-20(3)21-12-13-24-23(18-21)22(14-15-27(24,4)5)25-11-8-16-30-25/h7-14,16-18H,6,15H2,1-5H3/b9-7+,19-17+,20-10+. The molecule has 0 unspecified atom stereocenters. The maximum absolute atomic E-state index is 11.5. The lowest BCUT2D eigenvalue weighted by atomic mass is 9.72. The van der Waals surface area contributed by atoms with Crippen molar-refractivity contribution in [3.05, 3.63) is 93.2 Å². The Morgan fingerprint density at radius 1 is 1.23 bits per heavy atom. The van der Waals surface area contributed by atoms with Gasteiger partial charge in [-0.05, 0) is 83.5 Å². The van der Waals surface area contributed by atoms with Crippen LogP contribution in [0.5, 0.6) is 0 Å². The molecule has 2 aromatic rings. The van der Waals surface area contributed by atoms with Crippen LogP contribution in [0.1, 0.15) is 62.6 Å². The van der Waals surface area contributed by atoms with Gasteiger partial charge in [0.1, 0.15) is 0 Å². The molecular weight excluding hydrogens is 388 g/mol. The molecule has 1 heterocycles. The van der Waals surface area contributed by atoms with Crippen molar-refractivity contribution in [2.45, 2.75) is 46.5 Å². The number of esters is 1. The summed E-state index contributed by atoms with van der Waals surface area (Å²) >= 11 is 1.79. The number of hydrogen-bond donors (Lipinski definition) is 0. The highest BCUT2D eigenvalue weighted by Gasteiger charge is 2.29. The van der Waals surface area contributed by atoms with Gasteiger partial charge in [-0.15, -0.1) is 11.3 Å². The van der Waals surface area contributed by atoms with E-state index in [-0.39, 0.29) is 11.4 Å². The van der Waals surface area contributed by atoms with Crippen LogP contribution in [0.25, 0.3) is 11.1 Å². The second-order valence-corrected chi connectivity index (χ2v) is 9.24. The molecule has 0 aliphatic heterocycles. The van der Waals surface area contributed by atoms with E-state index in [0.717, 1.165) is 12.0 Å². The van der Waals surface area contributed by atoms with E-state index in [9.17, 15) is 4.79 Å². The van der Waals surface area contributed by atoms with Gasteiger partial charge in [-0.1, -0.05) is 56.4 Å². The number of ether oxygens (including phenoxy) is 1. The lowest BCUT2D eigenvalue weighted by Crippen LogP contribution is -2.21.